The van der Waals surface area contributed by atoms with E-state index in [-0.39, 0.29) is 42.2 Å². The second-order valence-corrected chi connectivity index (χ2v) is 9.99. The van der Waals surface area contributed by atoms with Crippen LogP contribution in [0.4, 0.5) is 5.69 Å². The van der Waals surface area contributed by atoms with Gasteiger partial charge in [0.1, 0.15) is 0 Å². The lowest BCUT2D eigenvalue weighted by Gasteiger charge is -2.30. The summed E-state index contributed by atoms with van der Waals surface area (Å²) in [4.78, 5) is 24.7. The number of carbonyl (C=O) groups is 2. The number of benzene rings is 2. The summed E-state index contributed by atoms with van der Waals surface area (Å²) in [6, 6.07) is 11.4. The van der Waals surface area contributed by atoms with Crippen LogP contribution in [0.3, 0.4) is 0 Å². The Hall–Kier alpha value is -2.42. The number of esters is 1. The lowest BCUT2D eigenvalue weighted by atomic mass is 9.98. The minimum Gasteiger partial charge on any atom is -0.466 e. The largest absolute Gasteiger partial charge is 0.466 e. The van der Waals surface area contributed by atoms with Crippen LogP contribution in [0.1, 0.15) is 35.7 Å². The Labute approximate surface area is 193 Å². The number of hydrogen-bond donors (Lipinski definition) is 1. The van der Waals surface area contributed by atoms with Gasteiger partial charge >= 0.3 is 5.97 Å². The molecule has 3 rings (SSSR count). The second kappa shape index (κ2) is 10.5. The molecule has 0 spiro atoms. The highest BCUT2D eigenvalue weighted by molar-refractivity contribution is 7.89. The number of nitrogens with one attached hydrogen (secondary N) is 1. The van der Waals surface area contributed by atoms with E-state index in [9.17, 15) is 18.0 Å². The van der Waals surface area contributed by atoms with Crippen LogP contribution < -0.4 is 5.32 Å². The number of ketones is 1. The van der Waals surface area contributed by atoms with Gasteiger partial charge in [0.05, 0.1) is 24.0 Å². The van der Waals surface area contributed by atoms with Gasteiger partial charge in [-0.25, -0.2) is 8.42 Å². The summed E-state index contributed by atoms with van der Waals surface area (Å²) >= 11 is 6.11. The molecule has 0 radical (unpaired) electrons. The first-order chi connectivity index (χ1) is 15.2. The smallest absolute Gasteiger partial charge is 0.309 e. The van der Waals surface area contributed by atoms with Crippen LogP contribution in [-0.4, -0.2) is 50.7 Å². The molecule has 1 fully saturated rings. The van der Waals surface area contributed by atoms with E-state index in [4.69, 9.17) is 16.3 Å². The van der Waals surface area contributed by atoms with E-state index in [1.807, 2.05) is 13.0 Å². The quantitative estimate of drug-likeness (QED) is 0.456. The third-order valence-corrected chi connectivity index (χ3v) is 7.88. The first-order valence-electron chi connectivity index (χ1n) is 10.5. The van der Waals surface area contributed by atoms with E-state index < -0.39 is 10.0 Å². The van der Waals surface area contributed by atoms with Crippen molar-refractivity contribution in [1.82, 2.24) is 4.31 Å². The Balaban J connectivity index is 1.67. The van der Waals surface area contributed by atoms with Crippen LogP contribution in [0.25, 0.3) is 0 Å². The molecule has 0 amide bonds. The zero-order valence-electron chi connectivity index (χ0n) is 18.1. The van der Waals surface area contributed by atoms with Crippen molar-refractivity contribution in [1.29, 1.82) is 0 Å². The standard InChI is InChI=1S/C23H27ClN2O5S/c1-3-31-23(28)17-10-12-26(13-11-17)32(29,30)19-7-4-6-18(14-19)22(27)15-25-21-9-5-8-20(24)16(21)2/h4-9,14,17,25H,3,10-13,15H2,1-2H3. The lowest BCUT2D eigenvalue weighted by Crippen LogP contribution is -2.40. The van der Waals surface area contributed by atoms with E-state index >= 15 is 0 Å². The molecule has 1 aliphatic rings. The number of sulfonamides is 1. The molecule has 32 heavy (non-hydrogen) atoms. The molecule has 1 N–H and O–H groups in total. The summed E-state index contributed by atoms with van der Waals surface area (Å²) in [7, 11) is -3.77. The van der Waals surface area contributed by atoms with Gasteiger partial charge < -0.3 is 10.1 Å². The van der Waals surface area contributed by atoms with Crippen LogP contribution in [0.15, 0.2) is 47.4 Å². The fraction of sp³-hybridized carbons (Fsp3) is 0.391. The van der Waals surface area contributed by atoms with Crippen molar-refractivity contribution in [2.24, 2.45) is 5.92 Å². The number of halogens is 1. The molecule has 2 aromatic carbocycles. The summed E-state index contributed by atoms with van der Waals surface area (Å²) in [6.07, 6.45) is 0.833. The molecule has 1 saturated heterocycles. The number of anilines is 1. The third kappa shape index (κ3) is 5.49. The van der Waals surface area contributed by atoms with Gasteiger partial charge in [-0.05, 0) is 56.5 Å². The van der Waals surface area contributed by atoms with Gasteiger partial charge in [0.25, 0.3) is 0 Å². The van der Waals surface area contributed by atoms with Gasteiger partial charge in [0, 0.05) is 29.4 Å². The molecular formula is C23H27ClN2O5S. The van der Waals surface area contributed by atoms with Crippen molar-refractivity contribution >= 4 is 39.1 Å². The zero-order chi connectivity index (χ0) is 23.3. The normalized spacial score (nSPS) is 15.3. The van der Waals surface area contributed by atoms with Crippen molar-refractivity contribution < 1.29 is 22.7 Å². The van der Waals surface area contributed by atoms with Crippen molar-refractivity contribution in [2.75, 3.05) is 31.6 Å². The third-order valence-electron chi connectivity index (χ3n) is 5.57. The van der Waals surface area contributed by atoms with Crippen LogP contribution in [0.2, 0.25) is 5.02 Å². The fourth-order valence-corrected chi connectivity index (χ4v) is 5.34. The van der Waals surface area contributed by atoms with E-state index in [2.05, 4.69) is 5.32 Å². The number of nitrogens with zero attached hydrogens (tertiary/aromatic N) is 1. The maximum absolute atomic E-state index is 13.1. The van der Waals surface area contributed by atoms with Gasteiger partial charge in [-0.1, -0.05) is 29.8 Å². The first kappa shape index (κ1) is 24.2. The number of rotatable bonds is 8. The zero-order valence-corrected chi connectivity index (χ0v) is 19.7. The Morgan fingerprint density at radius 1 is 1.16 bits per heavy atom. The summed E-state index contributed by atoms with van der Waals surface area (Å²) in [5.74, 6) is -0.794. The van der Waals surface area contributed by atoms with Crippen LogP contribution in [-0.2, 0) is 19.6 Å². The highest BCUT2D eigenvalue weighted by atomic mass is 35.5. The molecule has 1 aliphatic heterocycles. The van der Waals surface area contributed by atoms with Gasteiger partial charge in [-0.3, -0.25) is 9.59 Å². The second-order valence-electron chi connectivity index (χ2n) is 7.65. The predicted molar refractivity (Wildman–Crippen MR) is 124 cm³/mol. The Morgan fingerprint density at radius 3 is 2.53 bits per heavy atom. The molecule has 172 valence electrons. The van der Waals surface area contributed by atoms with E-state index in [1.54, 1.807) is 31.2 Å². The fourth-order valence-electron chi connectivity index (χ4n) is 3.65. The predicted octanol–water partition coefficient (Wildman–Crippen LogP) is 3.91. The molecule has 1 heterocycles. The van der Waals surface area contributed by atoms with Gasteiger partial charge in [-0.15, -0.1) is 0 Å². The number of piperidine rings is 1. The molecule has 9 heteroatoms. The molecule has 0 aromatic heterocycles. The van der Waals surface area contributed by atoms with Crippen LogP contribution >= 0.6 is 11.6 Å². The van der Waals surface area contributed by atoms with Gasteiger partial charge in [-0.2, -0.15) is 4.31 Å². The van der Waals surface area contributed by atoms with E-state index in [0.717, 1.165) is 11.3 Å². The highest BCUT2D eigenvalue weighted by Gasteiger charge is 2.33. The van der Waals surface area contributed by atoms with Crippen molar-refractivity contribution in [2.45, 2.75) is 31.6 Å². The number of ether oxygens (including phenoxy) is 1. The highest BCUT2D eigenvalue weighted by Crippen LogP contribution is 2.26. The summed E-state index contributed by atoms with van der Waals surface area (Å²) in [6.45, 7) is 4.39. The summed E-state index contributed by atoms with van der Waals surface area (Å²) in [5, 5.41) is 3.66. The molecule has 0 atom stereocenters. The van der Waals surface area contributed by atoms with Crippen molar-refractivity contribution in [3.05, 3.63) is 58.6 Å². The number of carbonyl (C=O) groups excluding carboxylic acids is 2. The number of hydrogen-bond acceptors (Lipinski definition) is 6. The van der Waals surface area contributed by atoms with Crippen molar-refractivity contribution in [3.8, 4) is 0 Å². The van der Waals surface area contributed by atoms with Gasteiger partial charge in [0.15, 0.2) is 5.78 Å². The molecule has 0 unspecified atom stereocenters. The Morgan fingerprint density at radius 2 is 1.84 bits per heavy atom. The van der Waals surface area contributed by atoms with Crippen LogP contribution in [0.5, 0.6) is 0 Å². The van der Waals surface area contributed by atoms with E-state index in [1.165, 1.54) is 16.4 Å². The maximum atomic E-state index is 13.1. The minimum atomic E-state index is -3.77. The maximum Gasteiger partial charge on any atom is 0.309 e. The average molecular weight is 479 g/mol. The minimum absolute atomic E-state index is 0.00954. The molecular weight excluding hydrogens is 452 g/mol. The first-order valence-corrected chi connectivity index (χ1v) is 12.3. The molecule has 7 nitrogen and oxygen atoms in total. The topological polar surface area (TPSA) is 92.8 Å². The Kier molecular flexibility index (Phi) is 7.92. The molecule has 0 saturated carbocycles. The molecule has 0 aliphatic carbocycles. The van der Waals surface area contributed by atoms with Gasteiger partial charge in [0.2, 0.25) is 10.0 Å². The Bertz CT molecular complexity index is 1100. The van der Waals surface area contributed by atoms with Crippen LogP contribution in [0, 0.1) is 12.8 Å². The molecule has 0 bridgehead atoms. The van der Waals surface area contributed by atoms with Crippen molar-refractivity contribution in [3.63, 3.8) is 0 Å². The molecule has 2 aromatic rings. The SMILES string of the molecule is CCOC(=O)C1CCN(S(=O)(=O)c2cccc(C(=O)CNc3cccc(Cl)c3C)c2)CC1. The average Bonchev–Trinajstić information content (AvgIpc) is 2.80. The summed E-state index contributed by atoms with van der Waals surface area (Å²) in [5.41, 5.74) is 1.89. The lowest BCUT2D eigenvalue weighted by molar-refractivity contribution is -0.149. The monoisotopic (exact) mass is 478 g/mol. The van der Waals surface area contributed by atoms with E-state index in [0.29, 0.717) is 30.0 Å². The number of Topliss-reactive ketones (excluding diaryl/α,β-unsaturated/α-hetero) is 1. The summed E-state index contributed by atoms with van der Waals surface area (Å²) < 4.78 is 32.6.